The molecule has 2 aliphatic heterocycles. The summed E-state index contributed by atoms with van der Waals surface area (Å²) in [6, 6.07) is 10.6. The van der Waals surface area contributed by atoms with E-state index in [0.717, 1.165) is 59.0 Å². The van der Waals surface area contributed by atoms with Crippen molar-refractivity contribution in [2.75, 3.05) is 34.6 Å². The largest absolute Gasteiger partial charge is 0.493 e. The van der Waals surface area contributed by atoms with Crippen molar-refractivity contribution in [3.63, 3.8) is 0 Å². The number of methoxy groups -OCH3 is 2. The number of ether oxygens (including phenoxy) is 4. The van der Waals surface area contributed by atoms with Crippen LogP contribution in [-0.2, 0) is 6.42 Å². The number of likely N-dealkylation sites (tertiary alicyclic amines) is 1. The van der Waals surface area contributed by atoms with E-state index in [0.29, 0.717) is 6.04 Å². The van der Waals surface area contributed by atoms with Gasteiger partial charge in [0, 0.05) is 24.0 Å². The molecular weight excluding hydrogens is 380 g/mol. The first-order chi connectivity index (χ1) is 14.7. The molecule has 0 radical (unpaired) electrons. The van der Waals surface area contributed by atoms with Crippen molar-refractivity contribution in [2.45, 2.75) is 25.3 Å². The first-order valence-electron chi connectivity index (χ1n) is 10.3. The lowest BCUT2D eigenvalue weighted by Crippen LogP contribution is -2.20. The van der Waals surface area contributed by atoms with E-state index < -0.39 is 0 Å². The van der Waals surface area contributed by atoms with E-state index in [9.17, 15) is 0 Å². The van der Waals surface area contributed by atoms with Gasteiger partial charge in [-0.15, -0.1) is 0 Å². The molecule has 3 heterocycles. The lowest BCUT2D eigenvalue weighted by Gasteiger charge is -2.24. The Hall–Kier alpha value is -2.99. The molecule has 1 aromatic heterocycles. The first-order valence-corrected chi connectivity index (χ1v) is 10.3. The Balaban J connectivity index is 1.65. The highest BCUT2D eigenvalue weighted by atomic mass is 16.7. The molecular formula is C24H26N2O4. The minimum atomic E-state index is 0.284. The highest BCUT2D eigenvalue weighted by Gasteiger charge is 2.28. The van der Waals surface area contributed by atoms with Crippen molar-refractivity contribution in [1.82, 2.24) is 9.88 Å². The van der Waals surface area contributed by atoms with Crippen LogP contribution in [-0.4, -0.2) is 44.5 Å². The fourth-order valence-corrected chi connectivity index (χ4v) is 4.64. The number of nitrogens with zero attached hydrogens (tertiary/aromatic N) is 2. The standard InChI is InChI=1S/C24H26N2O4/c1-26-8-4-5-19(26)24-17-12-22(28-3)21(27-2)11-16(17)13-25-18(24)9-15-6-7-20-23(10-15)30-14-29-20/h6-7,10-13,19H,4-5,8-9,14H2,1-3H3. The van der Waals surface area contributed by atoms with Crippen molar-refractivity contribution in [3.8, 4) is 23.0 Å². The molecule has 1 fully saturated rings. The Labute approximate surface area is 176 Å². The van der Waals surface area contributed by atoms with E-state index in [1.165, 1.54) is 17.4 Å². The molecule has 30 heavy (non-hydrogen) atoms. The van der Waals surface area contributed by atoms with Crippen LogP contribution in [0.15, 0.2) is 36.5 Å². The van der Waals surface area contributed by atoms with Crippen LogP contribution in [0.3, 0.4) is 0 Å². The van der Waals surface area contributed by atoms with Gasteiger partial charge in [0.2, 0.25) is 6.79 Å². The minimum absolute atomic E-state index is 0.284. The fraction of sp³-hybridized carbons (Fsp3) is 0.375. The molecule has 2 aliphatic rings. The molecule has 2 aromatic carbocycles. The van der Waals surface area contributed by atoms with Crippen LogP contribution in [0.25, 0.3) is 10.8 Å². The molecule has 0 N–H and O–H groups in total. The van der Waals surface area contributed by atoms with E-state index >= 15 is 0 Å². The molecule has 0 bridgehead atoms. The quantitative estimate of drug-likeness (QED) is 0.628. The predicted octanol–water partition coefficient (Wildman–Crippen LogP) is 4.34. The second-order valence-corrected chi connectivity index (χ2v) is 7.92. The number of hydrogen-bond acceptors (Lipinski definition) is 6. The van der Waals surface area contributed by atoms with Gasteiger partial charge in [-0.05, 0) is 67.2 Å². The van der Waals surface area contributed by atoms with Gasteiger partial charge in [-0.2, -0.15) is 0 Å². The lowest BCUT2D eigenvalue weighted by molar-refractivity contribution is 0.174. The Kier molecular flexibility index (Phi) is 4.87. The van der Waals surface area contributed by atoms with Crippen LogP contribution in [0.5, 0.6) is 23.0 Å². The van der Waals surface area contributed by atoms with Gasteiger partial charge in [-0.25, -0.2) is 0 Å². The fourth-order valence-electron chi connectivity index (χ4n) is 4.64. The third-order valence-electron chi connectivity index (χ3n) is 6.18. The summed E-state index contributed by atoms with van der Waals surface area (Å²) in [5.74, 6) is 3.07. The zero-order valence-electron chi connectivity index (χ0n) is 17.6. The average Bonchev–Trinajstić information content (AvgIpc) is 3.41. The average molecular weight is 406 g/mol. The maximum atomic E-state index is 5.61. The summed E-state index contributed by atoms with van der Waals surface area (Å²) >= 11 is 0. The summed E-state index contributed by atoms with van der Waals surface area (Å²) in [7, 11) is 5.54. The number of pyridine rings is 1. The van der Waals surface area contributed by atoms with Gasteiger partial charge < -0.3 is 18.9 Å². The summed E-state index contributed by atoms with van der Waals surface area (Å²) in [5.41, 5.74) is 3.53. The van der Waals surface area contributed by atoms with Crippen LogP contribution < -0.4 is 18.9 Å². The maximum Gasteiger partial charge on any atom is 0.231 e. The summed E-state index contributed by atoms with van der Waals surface area (Å²) in [4.78, 5) is 7.34. The first kappa shape index (κ1) is 19.0. The van der Waals surface area contributed by atoms with Crippen LogP contribution in [0, 0.1) is 0 Å². The van der Waals surface area contributed by atoms with Gasteiger partial charge in [0.05, 0.1) is 19.9 Å². The minimum Gasteiger partial charge on any atom is -0.493 e. The van der Waals surface area contributed by atoms with Crippen LogP contribution >= 0.6 is 0 Å². The highest BCUT2D eigenvalue weighted by Crippen LogP contribution is 2.41. The van der Waals surface area contributed by atoms with Gasteiger partial charge in [-0.3, -0.25) is 9.88 Å². The lowest BCUT2D eigenvalue weighted by atomic mass is 9.93. The summed E-state index contributed by atoms with van der Waals surface area (Å²) in [5, 5.41) is 2.24. The maximum absolute atomic E-state index is 5.61. The molecule has 0 amide bonds. The molecule has 1 saturated heterocycles. The Bertz CT molecular complexity index is 1100. The van der Waals surface area contributed by atoms with E-state index in [1.54, 1.807) is 14.2 Å². The van der Waals surface area contributed by atoms with Crippen molar-refractivity contribution >= 4 is 10.8 Å². The second-order valence-electron chi connectivity index (χ2n) is 7.92. The molecule has 6 nitrogen and oxygen atoms in total. The number of aromatic nitrogens is 1. The van der Waals surface area contributed by atoms with Gasteiger partial charge in [0.25, 0.3) is 0 Å². The second kappa shape index (κ2) is 7.69. The Morgan fingerprint density at radius 3 is 2.63 bits per heavy atom. The van der Waals surface area contributed by atoms with Crippen molar-refractivity contribution in [3.05, 3.63) is 53.3 Å². The van der Waals surface area contributed by atoms with Crippen LogP contribution in [0.2, 0.25) is 0 Å². The molecule has 1 unspecified atom stereocenters. The number of hydrogen-bond donors (Lipinski definition) is 0. The smallest absolute Gasteiger partial charge is 0.231 e. The normalized spacial score (nSPS) is 18.2. The predicted molar refractivity (Wildman–Crippen MR) is 115 cm³/mol. The SMILES string of the molecule is COc1cc2cnc(Cc3ccc4c(c3)OCO4)c(C3CCCN3C)c2cc1OC. The van der Waals surface area contributed by atoms with E-state index in [4.69, 9.17) is 23.9 Å². The monoisotopic (exact) mass is 406 g/mol. The molecule has 5 rings (SSSR count). The third kappa shape index (κ3) is 3.21. The number of benzene rings is 2. The summed E-state index contributed by atoms with van der Waals surface area (Å²) in [6.07, 6.45) is 4.99. The van der Waals surface area contributed by atoms with Crippen molar-refractivity contribution in [2.24, 2.45) is 0 Å². The van der Waals surface area contributed by atoms with E-state index in [-0.39, 0.29) is 6.79 Å². The molecule has 0 saturated carbocycles. The van der Waals surface area contributed by atoms with Crippen LogP contribution in [0.4, 0.5) is 0 Å². The summed E-state index contributed by atoms with van der Waals surface area (Å²) < 4.78 is 22.1. The zero-order chi connectivity index (χ0) is 20.7. The number of fused-ring (bicyclic) bond motifs is 2. The van der Waals surface area contributed by atoms with Crippen molar-refractivity contribution in [1.29, 1.82) is 0 Å². The Morgan fingerprint density at radius 2 is 1.87 bits per heavy atom. The molecule has 1 atom stereocenters. The zero-order valence-corrected chi connectivity index (χ0v) is 17.6. The Morgan fingerprint density at radius 1 is 1.07 bits per heavy atom. The van der Waals surface area contributed by atoms with Gasteiger partial charge >= 0.3 is 0 Å². The molecule has 3 aromatic rings. The number of rotatable bonds is 5. The molecule has 0 aliphatic carbocycles. The van der Waals surface area contributed by atoms with Gasteiger partial charge in [0.15, 0.2) is 23.0 Å². The topological polar surface area (TPSA) is 53.0 Å². The van der Waals surface area contributed by atoms with E-state index in [1.807, 2.05) is 18.3 Å². The van der Waals surface area contributed by atoms with Gasteiger partial charge in [-0.1, -0.05) is 6.07 Å². The van der Waals surface area contributed by atoms with E-state index in [2.05, 4.69) is 30.1 Å². The highest BCUT2D eigenvalue weighted by molar-refractivity contribution is 5.89. The molecule has 0 spiro atoms. The van der Waals surface area contributed by atoms with Crippen LogP contribution in [0.1, 0.15) is 35.7 Å². The summed E-state index contributed by atoms with van der Waals surface area (Å²) in [6.45, 7) is 1.38. The molecule has 156 valence electrons. The van der Waals surface area contributed by atoms with Gasteiger partial charge in [0.1, 0.15) is 0 Å². The third-order valence-corrected chi connectivity index (χ3v) is 6.18. The van der Waals surface area contributed by atoms with Crippen molar-refractivity contribution < 1.29 is 18.9 Å². The molecule has 6 heteroatoms.